The van der Waals surface area contributed by atoms with Gasteiger partial charge in [-0.05, 0) is 60.2 Å². The SMILES string of the molecule is c1ccc(-c2nc(-c3ccc4c(c3)oc3c(-c5ccc6c(c5)c5ccccc5n6-c5ccccc5)cccc34)nc(-c3cccc4c3sc3ccccc34)n2)cc1. The first kappa shape index (κ1) is 31.9. The highest BCUT2D eigenvalue weighted by Gasteiger charge is 2.19. The van der Waals surface area contributed by atoms with Crippen molar-refractivity contribution in [2.45, 2.75) is 0 Å². The van der Waals surface area contributed by atoms with Crippen molar-refractivity contribution in [1.82, 2.24) is 19.5 Å². The second kappa shape index (κ2) is 12.6. The summed E-state index contributed by atoms with van der Waals surface area (Å²) >= 11 is 1.77. The second-order valence-electron chi connectivity index (χ2n) is 14.4. The predicted octanol–water partition coefficient (Wildman–Crippen LogP) is 13.9. The highest BCUT2D eigenvalue weighted by Crippen LogP contribution is 2.42. The lowest BCUT2D eigenvalue weighted by Crippen LogP contribution is -2.00. The molecule has 12 rings (SSSR count). The van der Waals surface area contributed by atoms with Crippen LogP contribution in [-0.4, -0.2) is 19.5 Å². The first-order valence-electron chi connectivity index (χ1n) is 19.0. The summed E-state index contributed by atoms with van der Waals surface area (Å²) < 4.78 is 11.6. The Morgan fingerprint density at radius 2 is 1.05 bits per heavy atom. The number of hydrogen-bond donors (Lipinski definition) is 0. The van der Waals surface area contributed by atoms with Crippen molar-refractivity contribution in [3.05, 3.63) is 182 Å². The minimum absolute atomic E-state index is 0.597. The Kier molecular flexibility index (Phi) is 7.03. The third-order valence-electron chi connectivity index (χ3n) is 11.1. The van der Waals surface area contributed by atoms with Gasteiger partial charge in [0.15, 0.2) is 17.5 Å². The summed E-state index contributed by atoms with van der Waals surface area (Å²) in [6.45, 7) is 0. The maximum Gasteiger partial charge on any atom is 0.165 e. The molecule has 5 nitrogen and oxygen atoms in total. The fourth-order valence-electron chi connectivity index (χ4n) is 8.43. The zero-order chi connectivity index (χ0) is 37.5. The van der Waals surface area contributed by atoms with Gasteiger partial charge in [-0.15, -0.1) is 11.3 Å². The molecular weight excluding hydrogens is 717 g/mol. The second-order valence-corrected chi connectivity index (χ2v) is 15.4. The molecule has 8 aromatic carbocycles. The molecule has 0 N–H and O–H groups in total. The number of fused-ring (bicyclic) bond motifs is 9. The van der Waals surface area contributed by atoms with Gasteiger partial charge in [0.25, 0.3) is 0 Å². The molecule has 0 unspecified atom stereocenters. The molecule has 0 saturated heterocycles. The van der Waals surface area contributed by atoms with Gasteiger partial charge in [-0.2, -0.15) is 0 Å². The van der Waals surface area contributed by atoms with Gasteiger partial charge >= 0.3 is 0 Å². The molecule has 0 fully saturated rings. The number of nitrogens with zero attached hydrogens (tertiary/aromatic N) is 4. The zero-order valence-electron chi connectivity index (χ0n) is 30.4. The van der Waals surface area contributed by atoms with Crippen LogP contribution in [-0.2, 0) is 0 Å². The molecule has 57 heavy (non-hydrogen) atoms. The molecule has 0 amide bonds. The maximum absolute atomic E-state index is 6.82. The first-order chi connectivity index (χ1) is 28.2. The van der Waals surface area contributed by atoms with E-state index in [1.165, 1.54) is 37.3 Å². The van der Waals surface area contributed by atoms with Gasteiger partial charge in [-0.1, -0.05) is 127 Å². The molecule has 0 spiro atoms. The highest BCUT2D eigenvalue weighted by molar-refractivity contribution is 7.26. The lowest BCUT2D eigenvalue weighted by molar-refractivity contribution is 0.670. The van der Waals surface area contributed by atoms with Crippen LogP contribution in [0.15, 0.2) is 186 Å². The average Bonchev–Trinajstić information content (AvgIpc) is 3.96. The predicted molar refractivity (Wildman–Crippen MR) is 236 cm³/mol. The molecule has 0 radical (unpaired) electrons. The molecule has 4 heterocycles. The third-order valence-corrected chi connectivity index (χ3v) is 12.3. The van der Waals surface area contributed by atoms with Crippen LogP contribution in [0.1, 0.15) is 0 Å². The van der Waals surface area contributed by atoms with E-state index in [-0.39, 0.29) is 0 Å². The fourth-order valence-corrected chi connectivity index (χ4v) is 9.64. The van der Waals surface area contributed by atoms with Gasteiger partial charge in [0.2, 0.25) is 0 Å². The highest BCUT2D eigenvalue weighted by atomic mass is 32.1. The summed E-state index contributed by atoms with van der Waals surface area (Å²) in [5.41, 5.74) is 10.1. The molecule has 0 aliphatic rings. The third kappa shape index (κ3) is 5.04. The topological polar surface area (TPSA) is 56.7 Å². The van der Waals surface area contributed by atoms with E-state index in [1.54, 1.807) is 11.3 Å². The fraction of sp³-hybridized carbons (Fsp3) is 0. The maximum atomic E-state index is 6.82. The lowest BCUT2D eigenvalue weighted by atomic mass is 10.00. The summed E-state index contributed by atoms with van der Waals surface area (Å²) in [5.74, 6) is 1.87. The van der Waals surface area contributed by atoms with Crippen molar-refractivity contribution in [3.8, 4) is 51.0 Å². The van der Waals surface area contributed by atoms with Gasteiger partial charge in [0, 0.05) is 69.7 Å². The van der Waals surface area contributed by atoms with Crippen LogP contribution in [0.25, 0.3) is 115 Å². The summed E-state index contributed by atoms with van der Waals surface area (Å²) in [6.07, 6.45) is 0. The van der Waals surface area contributed by atoms with Crippen molar-refractivity contribution in [3.63, 3.8) is 0 Å². The van der Waals surface area contributed by atoms with E-state index in [2.05, 4.69) is 156 Å². The van der Waals surface area contributed by atoms with Crippen LogP contribution in [0, 0.1) is 0 Å². The van der Waals surface area contributed by atoms with Gasteiger partial charge in [0.05, 0.1) is 11.0 Å². The van der Waals surface area contributed by atoms with Crippen molar-refractivity contribution >= 4 is 75.3 Å². The number of furan rings is 1. The van der Waals surface area contributed by atoms with Crippen molar-refractivity contribution in [2.24, 2.45) is 0 Å². The number of hydrogen-bond acceptors (Lipinski definition) is 5. The minimum Gasteiger partial charge on any atom is -0.455 e. The number of aromatic nitrogens is 4. The van der Waals surface area contributed by atoms with Crippen LogP contribution in [0.5, 0.6) is 0 Å². The van der Waals surface area contributed by atoms with E-state index >= 15 is 0 Å². The monoisotopic (exact) mass is 746 g/mol. The van der Waals surface area contributed by atoms with E-state index < -0.39 is 0 Å². The van der Waals surface area contributed by atoms with E-state index in [9.17, 15) is 0 Å². The van der Waals surface area contributed by atoms with E-state index in [0.717, 1.165) is 60.1 Å². The van der Waals surface area contributed by atoms with E-state index in [0.29, 0.717) is 17.5 Å². The van der Waals surface area contributed by atoms with E-state index in [4.69, 9.17) is 19.4 Å². The summed E-state index contributed by atoms with van der Waals surface area (Å²) in [4.78, 5) is 15.3. The van der Waals surface area contributed by atoms with Gasteiger partial charge < -0.3 is 8.98 Å². The van der Waals surface area contributed by atoms with Gasteiger partial charge in [-0.3, -0.25) is 0 Å². The molecule has 4 aromatic heterocycles. The number of rotatable bonds is 5. The van der Waals surface area contributed by atoms with E-state index in [1.807, 2.05) is 30.3 Å². The van der Waals surface area contributed by atoms with Crippen molar-refractivity contribution in [2.75, 3.05) is 0 Å². The lowest BCUT2D eigenvalue weighted by Gasteiger charge is -2.09. The largest absolute Gasteiger partial charge is 0.455 e. The Labute approximate surface area is 330 Å². The van der Waals surface area contributed by atoms with Crippen LogP contribution < -0.4 is 0 Å². The summed E-state index contributed by atoms with van der Waals surface area (Å²) in [6, 6.07) is 63.7. The van der Waals surface area contributed by atoms with Crippen LogP contribution >= 0.6 is 11.3 Å². The van der Waals surface area contributed by atoms with Crippen LogP contribution in [0.3, 0.4) is 0 Å². The van der Waals surface area contributed by atoms with Crippen LogP contribution in [0.4, 0.5) is 0 Å². The van der Waals surface area contributed by atoms with Crippen LogP contribution in [0.2, 0.25) is 0 Å². The average molecular weight is 747 g/mol. The molecule has 0 bridgehead atoms. The molecule has 0 atom stereocenters. The quantitative estimate of drug-likeness (QED) is 0.176. The molecule has 12 aromatic rings. The Bertz CT molecular complexity index is 3530. The first-order valence-corrected chi connectivity index (χ1v) is 19.8. The Balaban J connectivity index is 1.01. The van der Waals surface area contributed by atoms with Crippen molar-refractivity contribution in [1.29, 1.82) is 0 Å². The van der Waals surface area contributed by atoms with Crippen molar-refractivity contribution < 1.29 is 4.42 Å². The van der Waals surface area contributed by atoms with Gasteiger partial charge in [0.1, 0.15) is 11.2 Å². The summed E-state index contributed by atoms with van der Waals surface area (Å²) in [7, 11) is 0. The number of para-hydroxylation sites is 3. The Morgan fingerprint density at radius 1 is 0.404 bits per heavy atom. The standard InChI is InChI=1S/C51H30N4OS/c1-3-13-31(14-4-1)49-52-50(54-51(53-49)41-22-12-21-40-38-18-8-10-24-46(38)57-48(40)41)33-25-27-37-39-20-11-19-35(47(39)56-45(37)30-33)32-26-28-44-42(29-32)36-17-7-9-23-43(36)55(44)34-15-5-2-6-16-34/h1-30H. The van der Waals surface area contributed by atoms with Gasteiger partial charge in [-0.25, -0.2) is 15.0 Å². The molecule has 0 aliphatic carbocycles. The molecule has 0 aliphatic heterocycles. The molecular formula is C51H30N4OS. The summed E-state index contributed by atoms with van der Waals surface area (Å²) in [5, 5.41) is 6.98. The Morgan fingerprint density at radius 3 is 1.91 bits per heavy atom. The normalized spacial score (nSPS) is 11.9. The number of thiophene rings is 1. The number of benzene rings is 8. The minimum atomic E-state index is 0.597. The smallest absolute Gasteiger partial charge is 0.165 e. The Hall–Kier alpha value is -7.41. The molecule has 0 saturated carbocycles. The zero-order valence-corrected chi connectivity index (χ0v) is 31.2. The molecule has 6 heteroatoms. The molecule has 266 valence electrons.